The third kappa shape index (κ3) is 2.93. The van der Waals surface area contributed by atoms with E-state index in [9.17, 15) is 0 Å². The Bertz CT molecular complexity index is 317. The van der Waals surface area contributed by atoms with Gasteiger partial charge in [-0.05, 0) is 18.4 Å². The Morgan fingerprint density at radius 3 is 2.88 bits per heavy atom. The number of ether oxygens (including phenoxy) is 1. The molecule has 0 aliphatic carbocycles. The molecule has 0 saturated carbocycles. The van der Waals surface area contributed by atoms with Gasteiger partial charge in [-0.2, -0.15) is 0 Å². The lowest BCUT2D eigenvalue weighted by molar-refractivity contribution is 0.344. The van der Waals surface area contributed by atoms with Crippen molar-refractivity contribution in [3.63, 3.8) is 0 Å². The summed E-state index contributed by atoms with van der Waals surface area (Å²) in [6.07, 6.45) is 5.76. The van der Waals surface area contributed by atoms with Gasteiger partial charge in [0.1, 0.15) is 5.75 Å². The first-order valence-corrected chi connectivity index (χ1v) is 5.68. The SMILES string of the molecule is CCCC(C)C(NN)c1ccncc1OC. The Kier molecular flexibility index (Phi) is 5.22. The molecule has 0 bridgehead atoms. The number of nitrogens with zero attached hydrogens (tertiary/aromatic N) is 1. The largest absolute Gasteiger partial charge is 0.495 e. The van der Waals surface area contributed by atoms with Crippen molar-refractivity contribution in [1.82, 2.24) is 10.4 Å². The molecule has 1 rings (SSSR count). The molecule has 0 radical (unpaired) electrons. The standard InChI is InChI=1S/C12H21N3O/c1-4-5-9(2)12(15-13)10-6-7-14-8-11(10)16-3/h6-9,12,15H,4-5,13H2,1-3H3. The molecular weight excluding hydrogens is 202 g/mol. The van der Waals surface area contributed by atoms with Crippen molar-refractivity contribution in [2.75, 3.05) is 7.11 Å². The zero-order valence-corrected chi connectivity index (χ0v) is 10.2. The van der Waals surface area contributed by atoms with Crippen molar-refractivity contribution >= 4 is 0 Å². The number of hydrazine groups is 1. The molecule has 0 fully saturated rings. The summed E-state index contributed by atoms with van der Waals surface area (Å²) in [5.74, 6) is 6.88. The third-order valence-electron chi connectivity index (χ3n) is 2.86. The van der Waals surface area contributed by atoms with E-state index < -0.39 is 0 Å². The molecule has 0 amide bonds. The topological polar surface area (TPSA) is 60.2 Å². The zero-order valence-electron chi connectivity index (χ0n) is 10.2. The second kappa shape index (κ2) is 6.45. The molecular formula is C12H21N3O. The van der Waals surface area contributed by atoms with Gasteiger partial charge in [-0.25, -0.2) is 0 Å². The molecule has 1 aromatic heterocycles. The van der Waals surface area contributed by atoms with E-state index in [2.05, 4.69) is 24.3 Å². The highest BCUT2D eigenvalue weighted by atomic mass is 16.5. The van der Waals surface area contributed by atoms with Gasteiger partial charge in [0.25, 0.3) is 0 Å². The second-order valence-electron chi connectivity index (χ2n) is 4.03. The number of rotatable bonds is 6. The maximum Gasteiger partial charge on any atom is 0.141 e. The van der Waals surface area contributed by atoms with Gasteiger partial charge in [-0.15, -0.1) is 0 Å². The fraction of sp³-hybridized carbons (Fsp3) is 0.583. The quantitative estimate of drug-likeness (QED) is 0.572. The number of pyridine rings is 1. The van der Waals surface area contributed by atoms with E-state index in [-0.39, 0.29) is 6.04 Å². The van der Waals surface area contributed by atoms with Crippen molar-refractivity contribution < 1.29 is 4.74 Å². The molecule has 0 saturated heterocycles. The molecule has 0 spiro atoms. The lowest BCUT2D eigenvalue weighted by Crippen LogP contribution is -2.32. The minimum Gasteiger partial charge on any atom is -0.495 e. The Labute approximate surface area is 97.2 Å². The minimum atomic E-state index is 0.109. The van der Waals surface area contributed by atoms with E-state index in [0.29, 0.717) is 5.92 Å². The Hall–Kier alpha value is -1.13. The summed E-state index contributed by atoms with van der Waals surface area (Å²) in [4.78, 5) is 4.04. The highest BCUT2D eigenvalue weighted by Crippen LogP contribution is 2.30. The van der Waals surface area contributed by atoms with Crippen molar-refractivity contribution in [3.05, 3.63) is 24.0 Å². The normalized spacial score (nSPS) is 14.5. The molecule has 0 aromatic carbocycles. The van der Waals surface area contributed by atoms with Crippen LogP contribution in [-0.4, -0.2) is 12.1 Å². The van der Waals surface area contributed by atoms with Gasteiger partial charge in [0.2, 0.25) is 0 Å². The summed E-state index contributed by atoms with van der Waals surface area (Å²) in [5.41, 5.74) is 3.94. The molecule has 1 heterocycles. The minimum absolute atomic E-state index is 0.109. The van der Waals surface area contributed by atoms with E-state index in [1.807, 2.05) is 6.07 Å². The Morgan fingerprint density at radius 1 is 1.56 bits per heavy atom. The third-order valence-corrected chi connectivity index (χ3v) is 2.86. The molecule has 90 valence electrons. The number of nitrogens with one attached hydrogen (secondary N) is 1. The Balaban J connectivity index is 2.93. The zero-order chi connectivity index (χ0) is 12.0. The summed E-state index contributed by atoms with van der Waals surface area (Å²) in [5, 5.41) is 0. The van der Waals surface area contributed by atoms with Crippen LogP contribution in [-0.2, 0) is 0 Å². The fourth-order valence-corrected chi connectivity index (χ4v) is 2.00. The van der Waals surface area contributed by atoms with Crippen LogP contribution in [0.4, 0.5) is 0 Å². The van der Waals surface area contributed by atoms with Crippen molar-refractivity contribution in [1.29, 1.82) is 0 Å². The van der Waals surface area contributed by atoms with Crippen LogP contribution in [0.5, 0.6) is 5.75 Å². The first-order chi connectivity index (χ1) is 7.74. The monoisotopic (exact) mass is 223 g/mol. The van der Waals surface area contributed by atoms with E-state index in [1.54, 1.807) is 19.5 Å². The predicted octanol–water partition coefficient (Wildman–Crippen LogP) is 2.03. The molecule has 1 aromatic rings. The molecule has 2 atom stereocenters. The van der Waals surface area contributed by atoms with Crippen LogP contribution in [0.25, 0.3) is 0 Å². The van der Waals surface area contributed by atoms with Gasteiger partial charge < -0.3 is 4.74 Å². The van der Waals surface area contributed by atoms with Gasteiger partial charge in [0, 0.05) is 11.8 Å². The average Bonchev–Trinajstić information content (AvgIpc) is 2.31. The van der Waals surface area contributed by atoms with Gasteiger partial charge in [0.15, 0.2) is 0 Å². The van der Waals surface area contributed by atoms with Crippen LogP contribution in [0, 0.1) is 5.92 Å². The van der Waals surface area contributed by atoms with Gasteiger partial charge in [0.05, 0.1) is 19.3 Å². The maximum atomic E-state index is 5.63. The van der Waals surface area contributed by atoms with Gasteiger partial charge in [-0.1, -0.05) is 20.3 Å². The van der Waals surface area contributed by atoms with Crippen LogP contribution >= 0.6 is 0 Å². The number of aromatic nitrogens is 1. The lowest BCUT2D eigenvalue weighted by atomic mass is 9.91. The van der Waals surface area contributed by atoms with Gasteiger partial charge in [-0.3, -0.25) is 16.3 Å². The summed E-state index contributed by atoms with van der Waals surface area (Å²) in [6, 6.07) is 2.06. The summed E-state index contributed by atoms with van der Waals surface area (Å²) < 4.78 is 5.30. The van der Waals surface area contributed by atoms with Crippen LogP contribution < -0.4 is 16.0 Å². The highest BCUT2D eigenvalue weighted by Gasteiger charge is 2.20. The van der Waals surface area contributed by atoms with Crippen molar-refractivity contribution in [2.45, 2.75) is 32.7 Å². The summed E-state index contributed by atoms with van der Waals surface area (Å²) in [7, 11) is 1.65. The average molecular weight is 223 g/mol. The van der Waals surface area contributed by atoms with Crippen LogP contribution in [0.1, 0.15) is 38.3 Å². The molecule has 2 unspecified atom stereocenters. The fourth-order valence-electron chi connectivity index (χ4n) is 2.00. The molecule has 0 aliphatic rings. The lowest BCUT2D eigenvalue weighted by Gasteiger charge is -2.24. The van der Waals surface area contributed by atoms with E-state index in [1.165, 1.54) is 0 Å². The van der Waals surface area contributed by atoms with E-state index >= 15 is 0 Å². The summed E-state index contributed by atoms with van der Waals surface area (Å²) in [6.45, 7) is 4.36. The first-order valence-electron chi connectivity index (χ1n) is 5.68. The maximum absolute atomic E-state index is 5.63. The molecule has 4 nitrogen and oxygen atoms in total. The van der Waals surface area contributed by atoms with E-state index in [0.717, 1.165) is 24.2 Å². The van der Waals surface area contributed by atoms with Gasteiger partial charge >= 0.3 is 0 Å². The predicted molar refractivity (Wildman–Crippen MR) is 64.9 cm³/mol. The van der Waals surface area contributed by atoms with Crippen LogP contribution in [0.3, 0.4) is 0 Å². The molecule has 4 heteroatoms. The van der Waals surface area contributed by atoms with Crippen molar-refractivity contribution in [2.24, 2.45) is 11.8 Å². The molecule has 3 N–H and O–H groups in total. The van der Waals surface area contributed by atoms with E-state index in [4.69, 9.17) is 10.6 Å². The summed E-state index contributed by atoms with van der Waals surface area (Å²) >= 11 is 0. The number of nitrogens with two attached hydrogens (primary N) is 1. The molecule has 0 aliphatic heterocycles. The Morgan fingerprint density at radius 2 is 2.31 bits per heavy atom. The second-order valence-corrected chi connectivity index (χ2v) is 4.03. The number of hydrogen-bond donors (Lipinski definition) is 2. The highest BCUT2D eigenvalue weighted by molar-refractivity contribution is 5.33. The molecule has 16 heavy (non-hydrogen) atoms. The van der Waals surface area contributed by atoms with Crippen LogP contribution in [0.2, 0.25) is 0 Å². The first kappa shape index (κ1) is 12.9. The van der Waals surface area contributed by atoms with Crippen LogP contribution in [0.15, 0.2) is 18.5 Å². The van der Waals surface area contributed by atoms with Crippen molar-refractivity contribution in [3.8, 4) is 5.75 Å². The number of hydrogen-bond acceptors (Lipinski definition) is 4. The smallest absolute Gasteiger partial charge is 0.141 e. The number of methoxy groups -OCH3 is 1.